The Kier molecular flexibility index (Phi) is 7.13. The Morgan fingerprint density at radius 3 is 2.63 bits per heavy atom. The van der Waals surface area contributed by atoms with Crippen molar-refractivity contribution in [2.24, 2.45) is 5.92 Å². The maximum atomic E-state index is 9.86. The summed E-state index contributed by atoms with van der Waals surface area (Å²) >= 11 is 0. The van der Waals surface area contributed by atoms with E-state index in [2.05, 4.69) is 19.2 Å². The first kappa shape index (κ1) is 16.2. The van der Waals surface area contributed by atoms with Crippen molar-refractivity contribution in [1.82, 2.24) is 5.32 Å². The molecular formula is C15H27NO3. The van der Waals surface area contributed by atoms with E-state index >= 15 is 0 Å². The number of aliphatic hydroxyl groups is 1. The molecule has 1 aromatic rings. The van der Waals surface area contributed by atoms with Gasteiger partial charge in [0.2, 0.25) is 0 Å². The molecule has 1 aromatic heterocycles. The van der Waals surface area contributed by atoms with Gasteiger partial charge in [-0.2, -0.15) is 0 Å². The van der Waals surface area contributed by atoms with Crippen molar-refractivity contribution < 1.29 is 14.3 Å². The van der Waals surface area contributed by atoms with Gasteiger partial charge in [0.05, 0.1) is 31.1 Å². The molecule has 19 heavy (non-hydrogen) atoms. The molecule has 1 rings (SSSR count). The topological polar surface area (TPSA) is 54.6 Å². The monoisotopic (exact) mass is 269 g/mol. The van der Waals surface area contributed by atoms with Gasteiger partial charge in [-0.1, -0.05) is 13.8 Å². The van der Waals surface area contributed by atoms with Gasteiger partial charge in [0.25, 0.3) is 0 Å². The van der Waals surface area contributed by atoms with Crippen molar-refractivity contribution in [3.05, 3.63) is 24.2 Å². The SMILES string of the molecule is CC(C)CC(C)OCC(O)CNC(C)c1ccco1. The lowest BCUT2D eigenvalue weighted by Gasteiger charge is -2.19. The zero-order valence-corrected chi connectivity index (χ0v) is 12.4. The van der Waals surface area contributed by atoms with Crippen LogP contribution >= 0.6 is 0 Å². The van der Waals surface area contributed by atoms with Gasteiger partial charge in [0.1, 0.15) is 5.76 Å². The fourth-order valence-corrected chi connectivity index (χ4v) is 2.02. The van der Waals surface area contributed by atoms with E-state index in [-0.39, 0.29) is 12.1 Å². The molecule has 0 aliphatic carbocycles. The van der Waals surface area contributed by atoms with Crippen LogP contribution in [0.15, 0.2) is 22.8 Å². The molecule has 0 aliphatic heterocycles. The maximum absolute atomic E-state index is 9.86. The summed E-state index contributed by atoms with van der Waals surface area (Å²) in [4.78, 5) is 0. The molecule has 0 fully saturated rings. The highest BCUT2D eigenvalue weighted by molar-refractivity contribution is 5.02. The Bertz CT molecular complexity index is 324. The maximum Gasteiger partial charge on any atom is 0.120 e. The highest BCUT2D eigenvalue weighted by Crippen LogP contribution is 2.12. The molecule has 1 heterocycles. The lowest BCUT2D eigenvalue weighted by atomic mass is 10.1. The average molecular weight is 269 g/mol. The summed E-state index contributed by atoms with van der Waals surface area (Å²) in [6.07, 6.45) is 2.37. The van der Waals surface area contributed by atoms with Crippen LogP contribution in [-0.4, -0.2) is 30.5 Å². The lowest BCUT2D eigenvalue weighted by molar-refractivity contribution is -0.00930. The normalized spacial score (nSPS) is 16.5. The van der Waals surface area contributed by atoms with E-state index < -0.39 is 6.10 Å². The summed E-state index contributed by atoms with van der Waals surface area (Å²) in [6.45, 7) is 9.26. The largest absolute Gasteiger partial charge is 0.468 e. The quantitative estimate of drug-likeness (QED) is 0.724. The number of furan rings is 1. The van der Waals surface area contributed by atoms with E-state index in [1.165, 1.54) is 0 Å². The van der Waals surface area contributed by atoms with Crippen LogP contribution in [0.2, 0.25) is 0 Å². The Morgan fingerprint density at radius 1 is 1.32 bits per heavy atom. The van der Waals surface area contributed by atoms with Crippen LogP contribution in [0.25, 0.3) is 0 Å². The van der Waals surface area contributed by atoms with E-state index in [4.69, 9.17) is 9.15 Å². The molecule has 0 radical (unpaired) electrons. The predicted octanol–water partition coefficient (Wildman–Crippen LogP) is 2.74. The van der Waals surface area contributed by atoms with E-state index in [1.54, 1.807) is 6.26 Å². The van der Waals surface area contributed by atoms with Crippen molar-refractivity contribution in [3.8, 4) is 0 Å². The van der Waals surface area contributed by atoms with Gasteiger partial charge in [-0.15, -0.1) is 0 Å². The van der Waals surface area contributed by atoms with Crippen LogP contribution in [0.4, 0.5) is 0 Å². The number of hydrogen-bond donors (Lipinski definition) is 2. The molecule has 4 nitrogen and oxygen atoms in total. The third-order valence-corrected chi connectivity index (χ3v) is 3.01. The molecule has 0 saturated carbocycles. The van der Waals surface area contributed by atoms with Crippen molar-refractivity contribution in [1.29, 1.82) is 0 Å². The number of nitrogens with one attached hydrogen (secondary N) is 1. The van der Waals surface area contributed by atoms with Gasteiger partial charge in [0, 0.05) is 6.54 Å². The number of ether oxygens (including phenoxy) is 1. The van der Waals surface area contributed by atoms with Crippen LogP contribution < -0.4 is 5.32 Å². The summed E-state index contributed by atoms with van der Waals surface area (Å²) in [5.41, 5.74) is 0. The minimum Gasteiger partial charge on any atom is -0.468 e. The Morgan fingerprint density at radius 2 is 2.05 bits per heavy atom. The summed E-state index contributed by atoms with van der Waals surface area (Å²) in [5.74, 6) is 1.49. The molecule has 3 atom stereocenters. The zero-order valence-electron chi connectivity index (χ0n) is 12.4. The van der Waals surface area contributed by atoms with Crippen molar-refractivity contribution in [3.63, 3.8) is 0 Å². The molecule has 0 spiro atoms. The van der Waals surface area contributed by atoms with Gasteiger partial charge in [-0.05, 0) is 38.3 Å². The van der Waals surface area contributed by atoms with Gasteiger partial charge in [-0.3, -0.25) is 0 Å². The minimum atomic E-state index is -0.493. The molecule has 0 saturated heterocycles. The smallest absolute Gasteiger partial charge is 0.120 e. The molecule has 0 aromatic carbocycles. The summed E-state index contributed by atoms with van der Waals surface area (Å²) in [6, 6.07) is 3.88. The summed E-state index contributed by atoms with van der Waals surface area (Å²) in [5, 5.41) is 13.1. The molecule has 0 amide bonds. The van der Waals surface area contributed by atoms with Crippen molar-refractivity contribution in [2.75, 3.05) is 13.2 Å². The highest BCUT2D eigenvalue weighted by Gasteiger charge is 2.12. The average Bonchev–Trinajstić information content (AvgIpc) is 2.86. The van der Waals surface area contributed by atoms with E-state index in [0.29, 0.717) is 19.1 Å². The Balaban J connectivity index is 2.15. The minimum absolute atomic E-state index is 0.0951. The standard InChI is InChI=1S/C15H27NO3/c1-11(2)8-12(3)19-10-14(17)9-16-13(4)15-6-5-7-18-15/h5-7,11-14,16-17H,8-10H2,1-4H3. The molecule has 110 valence electrons. The van der Waals surface area contributed by atoms with Crippen molar-refractivity contribution in [2.45, 2.75) is 52.4 Å². The molecule has 3 unspecified atom stereocenters. The van der Waals surface area contributed by atoms with Crippen molar-refractivity contribution >= 4 is 0 Å². The zero-order chi connectivity index (χ0) is 14.3. The second-order valence-corrected chi connectivity index (χ2v) is 5.57. The molecule has 4 heteroatoms. The molecule has 0 bridgehead atoms. The first-order valence-corrected chi connectivity index (χ1v) is 7.05. The molecule has 2 N–H and O–H groups in total. The van der Waals surface area contributed by atoms with Gasteiger partial charge < -0.3 is 19.6 Å². The molecular weight excluding hydrogens is 242 g/mol. The lowest BCUT2D eigenvalue weighted by Crippen LogP contribution is -2.33. The second-order valence-electron chi connectivity index (χ2n) is 5.57. The fraction of sp³-hybridized carbons (Fsp3) is 0.733. The van der Waals surface area contributed by atoms with Gasteiger partial charge in [-0.25, -0.2) is 0 Å². The number of rotatable bonds is 9. The summed E-state index contributed by atoms with van der Waals surface area (Å²) in [7, 11) is 0. The second kappa shape index (κ2) is 8.35. The number of hydrogen-bond acceptors (Lipinski definition) is 4. The third-order valence-electron chi connectivity index (χ3n) is 3.01. The van der Waals surface area contributed by atoms with E-state index in [1.807, 2.05) is 26.0 Å². The summed E-state index contributed by atoms with van der Waals surface area (Å²) < 4.78 is 10.9. The highest BCUT2D eigenvalue weighted by atomic mass is 16.5. The third kappa shape index (κ3) is 6.76. The molecule has 0 aliphatic rings. The van der Waals surface area contributed by atoms with Crippen LogP contribution in [0.3, 0.4) is 0 Å². The van der Waals surface area contributed by atoms with Crippen LogP contribution in [-0.2, 0) is 4.74 Å². The Labute approximate surface area is 116 Å². The number of aliphatic hydroxyl groups excluding tert-OH is 1. The predicted molar refractivity (Wildman–Crippen MR) is 76.0 cm³/mol. The first-order valence-electron chi connectivity index (χ1n) is 7.05. The fourth-order valence-electron chi connectivity index (χ4n) is 2.02. The van der Waals surface area contributed by atoms with Gasteiger partial charge >= 0.3 is 0 Å². The van der Waals surface area contributed by atoms with E-state index in [9.17, 15) is 5.11 Å². The Hall–Kier alpha value is -0.840. The van der Waals surface area contributed by atoms with Crippen LogP contribution in [0, 0.1) is 5.92 Å². The van der Waals surface area contributed by atoms with Crippen LogP contribution in [0.5, 0.6) is 0 Å². The van der Waals surface area contributed by atoms with E-state index in [0.717, 1.165) is 12.2 Å². The first-order chi connectivity index (χ1) is 8.99. The van der Waals surface area contributed by atoms with Crippen LogP contribution in [0.1, 0.15) is 45.9 Å². The van der Waals surface area contributed by atoms with Gasteiger partial charge in [0.15, 0.2) is 0 Å².